The Bertz CT molecular complexity index is 1020. The summed E-state index contributed by atoms with van der Waals surface area (Å²) in [5.41, 5.74) is 7.61. The quantitative estimate of drug-likeness (QED) is 0.693. The van der Waals surface area contributed by atoms with Crippen molar-refractivity contribution in [2.75, 3.05) is 45.1 Å². The summed E-state index contributed by atoms with van der Waals surface area (Å²) in [5, 5.41) is 9.86. The third kappa shape index (κ3) is 4.80. The summed E-state index contributed by atoms with van der Waals surface area (Å²) in [6.07, 6.45) is 0. The highest BCUT2D eigenvalue weighted by molar-refractivity contribution is 5.87. The van der Waals surface area contributed by atoms with E-state index in [9.17, 15) is 0 Å². The molecule has 1 aliphatic heterocycles. The summed E-state index contributed by atoms with van der Waals surface area (Å²) in [7, 11) is 0. The van der Waals surface area contributed by atoms with E-state index in [0.29, 0.717) is 24.5 Å². The molecule has 2 heterocycles. The zero-order chi connectivity index (χ0) is 20.1. The minimum absolute atomic E-state index is 0.543. The van der Waals surface area contributed by atoms with Gasteiger partial charge in [0.2, 0.25) is 0 Å². The number of para-hydroxylation sites is 1. The molecule has 0 unspecified atom stereocenters. The topological polar surface area (TPSA) is 91.3 Å². The highest BCUT2D eigenvalue weighted by Gasteiger charge is 2.18. The van der Waals surface area contributed by atoms with Gasteiger partial charge in [0.25, 0.3) is 0 Å². The smallest absolute Gasteiger partial charge is 0.145 e. The first-order valence-electron chi connectivity index (χ1n) is 9.80. The van der Waals surface area contributed by atoms with E-state index < -0.39 is 0 Å². The average Bonchev–Trinajstić information content (AvgIpc) is 2.75. The third-order valence-electron chi connectivity index (χ3n) is 5.15. The number of anilines is 1. The molecule has 4 rings (SSSR count). The molecule has 0 saturated carbocycles. The lowest BCUT2D eigenvalue weighted by Gasteiger charge is -2.34. The van der Waals surface area contributed by atoms with Crippen LogP contribution in [-0.2, 0) is 6.54 Å². The van der Waals surface area contributed by atoms with Crippen molar-refractivity contribution in [2.24, 2.45) is 0 Å². The van der Waals surface area contributed by atoms with E-state index in [1.54, 1.807) is 12.1 Å². The van der Waals surface area contributed by atoms with Crippen molar-refractivity contribution in [1.82, 2.24) is 19.8 Å². The first-order chi connectivity index (χ1) is 14.2. The minimum atomic E-state index is 0.543. The molecule has 3 aromatic rings. The molecule has 0 amide bonds. The van der Waals surface area contributed by atoms with Crippen LogP contribution >= 0.6 is 0 Å². The molecule has 0 atom stereocenters. The number of hydrogen-bond donors (Lipinski definition) is 1. The fourth-order valence-electron chi connectivity index (χ4n) is 3.54. The maximum absolute atomic E-state index is 8.95. The Balaban J connectivity index is 1.25. The third-order valence-corrected chi connectivity index (χ3v) is 5.15. The van der Waals surface area contributed by atoms with E-state index in [0.717, 1.165) is 55.2 Å². The van der Waals surface area contributed by atoms with E-state index in [2.05, 4.69) is 25.8 Å². The summed E-state index contributed by atoms with van der Waals surface area (Å²) in [6, 6.07) is 17.2. The maximum Gasteiger partial charge on any atom is 0.145 e. The van der Waals surface area contributed by atoms with Gasteiger partial charge >= 0.3 is 0 Å². The molecule has 29 heavy (non-hydrogen) atoms. The van der Waals surface area contributed by atoms with E-state index >= 15 is 0 Å². The number of fused-ring (bicyclic) bond motifs is 1. The van der Waals surface area contributed by atoms with Gasteiger partial charge in [-0.15, -0.1) is 0 Å². The van der Waals surface area contributed by atoms with E-state index in [-0.39, 0.29) is 0 Å². The Labute approximate surface area is 170 Å². The van der Waals surface area contributed by atoms with Crippen LogP contribution in [0.25, 0.3) is 10.9 Å². The van der Waals surface area contributed by atoms with E-state index in [4.69, 9.17) is 15.7 Å². The first-order valence-corrected chi connectivity index (χ1v) is 9.80. The number of rotatable bonds is 6. The van der Waals surface area contributed by atoms with Gasteiger partial charge in [-0.3, -0.25) is 9.80 Å². The summed E-state index contributed by atoms with van der Waals surface area (Å²) in [4.78, 5) is 13.9. The summed E-state index contributed by atoms with van der Waals surface area (Å²) >= 11 is 0. The van der Waals surface area contributed by atoms with Crippen LogP contribution in [0.1, 0.15) is 11.4 Å². The lowest BCUT2D eigenvalue weighted by Crippen LogP contribution is -2.47. The summed E-state index contributed by atoms with van der Waals surface area (Å²) < 4.78 is 5.79. The number of nitrogens with zero attached hydrogens (tertiary/aromatic N) is 5. The molecule has 0 bridgehead atoms. The van der Waals surface area contributed by atoms with E-state index in [1.165, 1.54) is 0 Å². The molecule has 0 aliphatic carbocycles. The fraction of sp³-hybridized carbons (Fsp3) is 0.318. The van der Waals surface area contributed by atoms with Gasteiger partial charge in [0, 0.05) is 38.1 Å². The Morgan fingerprint density at radius 2 is 1.79 bits per heavy atom. The van der Waals surface area contributed by atoms with Crippen LogP contribution in [0.15, 0.2) is 48.5 Å². The number of nitrogens with two attached hydrogens (primary N) is 1. The van der Waals surface area contributed by atoms with Gasteiger partial charge in [0.1, 0.15) is 24.0 Å². The number of nitriles is 1. The standard InChI is InChI=1S/C22H24N6O/c23-15-17-4-3-5-18(14-17)29-13-12-27-8-10-28(11-9-27)16-21-25-20-7-2-1-6-19(20)22(24)26-21/h1-7,14H,8-13,16H2,(H2,24,25,26). The Kier molecular flexibility index (Phi) is 5.84. The molecule has 0 radical (unpaired) electrons. The number of nitrogen functional groups attached to an aromatic ring is 1. The first kappa shape index (κ1) is 19.1. The van der Waals surface area contributed by atoms with Crippen LogP contribution in [0.2, 0.25) is 0 Å². The van der Waals surface area contributed by atoms with Crippen LogP contribution in [0.5, 0.6) is 5.75 Å². The lowest BCUT2D eigenvalue weighted by atomic mass is 10.2. The van der Waals surface area contributed by atoms with Crippen molar-refractivity contribution >= 4 is 16.7 Å². The molecule has 148 valence electrons. The molecule has 2 N–H and O–H groups in total. The van der Waals surface area contributed by atoms with Crippen LogP contribution in [0.4, 0.5) is 5.82 Å². The molecule has 1 fully saturated rings. The van der Waals surface area contributed by atoms with Gasteiger partial charge in [-0.2, -0.15) is 5.26 Å². The zero-order valence-corrected chi connectivity index (χ0v) is 16.3. The number of ether oxygens (including phenoxy) is 1. The molecule has 7 heteroatoms. The molecule has 1 saturated heterocycles. The molecule has 7 nitrogen and oxygen atoms in total. The van der Waals surface area contributed by atoms with Crippen LogP contribution in [0, 0.1) is 11.3 Å². The highest BCUT2D eigenvalue weighted by Crippen LogP contribution is 2.18. The monoisotopic (exact) mass is 388 g/mol. The molecule has 0 spiro atoms. The number of piperazine rings is 1. The normalized spacial score (nSPS) is 15.3. The Morgan fingerprint density at radius 3 is 2.62 bits per heavy atom. The molecule has 2 aromatic carbocycles. The lowest BCUT2D eigenvalue weighted by molar-refractivity contribution is 0.111. The van der Waals surface area contributed by atoms with Crippen molar-refractivity contribution in [3.8, 4) is 11.8 Å². The molecule has 1 aliphatic rings. The van der Waals surface area contributed by atoms with Crippen molar-refractivity contribution in [3.05, 3.63) is 59.9 Å². The Morgan fingerprint density at radius 1 is 1.00 bits per heavy atom. The predicted molar refractivity (Wildman–Crippen MR) is 112 cm³/mol. The average molecular weight is 388 g/mol. The van der Waals surface area contributed by atoms with Crippen LogP contribution < -0.4 is 10.5 Å². The molecule has 1 aromatic heterocycles. The summed E-state index contributed by atoms with van der Waals surface area (Å²) in [5.74, 6) is 2.06. The van der Waals surface area contributed by atoms with E-state index in [1.807, 2.05) is 36.4 Å². The number of hydrogen-bond acceptors (Lipinski definition) is 7. The maximum atomic E-state index is 8.95. The largest absolute Gasteiger partial charge is 0.492 e. The number of benzene rings is 2. The predicted octanol–water partition coefficient (Wildman–Crippen LogP) is 2.28. The van der Waals surface area contributed by atoms with Crippen molar-refractivity contribution in [2.45, 2.75) is 6.54 Å². The minimum Gasteiger partial charge on any atom is -0.492 e. The zero-order valence-electron chi connectivity index (χ0n) is 16.3. The molecular formula is C22H24N6O. The Hall–Kier alpha value is -3.21. The van der Waals surface area contributed by atoms with Gasteiger partial charge in [-0.1, -0.05) is 18.2 Å². The van der Waals surface area contributed by atoms with Crippen molar-refractivity contribution in [3.63, 3.8) is 0 Å². The van der Waals surface area contributed by atoms with Gasteiger partial charge < -0.3 is 10.5 Å². The second-order valence-corrected chi connectivity index (χ2v) is 7.15. The van der Waals surface area contributed by atoms with Crippen LogP contribution in [-0.4, -0.2) is 59.1 Å². The fourth-order valence-corrected chi connectivity index (χ4v) is 3.54. The van der Waals surface area contributed by atoms with Gasteiger partial charge in [0.05, 0.1) is 23.7 Å². The van der Waals surface area contributed by atoms with Crippen molar-refractivity contribution < 1.29 is 4.74 Å². The van der Waals surface area contributed by atoms with Crippen LogP contribution in [0.3, 0.4) is 0 Å². The highest BCUT2D eigenvalue weighted by atomic mass is 16.5. The van der Waals surface area contributed by atoms with Crippen molar-refractivity contribution in [1.29, 1.82) is 5.26 Å². The SMILES string of the molecule is N#Cc1cccc(OCCN2CCN(Cc3nc(N)c4ccccc4n3)CC2)c1. The van der Waals surface area contributed by atoms with Gasteiger partial charge in [-0.05, 0) is 30.3 Å². The molecular weight excluding hydrogens is 364 g/mol. The summed E-state index contributed by atoms with van der Waals surface area (Å²) in [6.45, 7) is 6.05. The van der Waals surface area contributed by atoms with Gasteiger partial charge in [-0.25, -0.2) is 9.97 Å². The number of aromatic nitrogens is 2. The second kappa shape index (κ2) is 8.86. The van der Waals surface area contributed by atoms with Gasteiger partial charge in [0.15, 0.2) is 0 Å². The second-order valence-electron chi connectivity index (χ2n) is 7.15.